The van der Waals surface area contributed by atoms with Gasteiger partial charge >= 0.3 is 11.9 Å². The quantitative estimate of drug-likeness (QED) is 0.206. The molecule has 0 unspecified atom stereocenters. The molecule has 7 heteroatoms. The minimum atomic E-state index is -1.04. The molecule has 2 rings (SSSR count). The Morgan fingerprint density at radius 1 is 1.06 bits per heavy atom. The fourth-order valence-corrected chi connectivity index (χ4v) is 3.36. The van der Waals surface area contributed by atoms with Crippen molar-refractivity contribution >= 4 is 17.6 Å². The van der Waals surface area contributed by atoms with Gasteiger partial charge in [0.2, 0.25) is 0 Å². The Morgan fingerprint density at radius 2 is 1.82 bits per heavy atom. The fraction of sp³-hybridized carbons (Fsp3) is 0.385. The molecular weight excluding hydrogens is 422 g/mol. The van der Waals surface area contributed by atoms with E-state index < -0.39 is 11.9 Å². The maximum absolute atomic E-state index is 12.1. The third-order valence-corrected chi connectivity index (χ3v) is 5.04. The first kappa shape index (κ1) is 25.8. The number of nitrogen functional groups attached to an aromatic ring is 1. The summed E-state index contributed by atoms with van der Waals surface area (Å²) in [4.78, 5) is 22.9. The van der Waals surface area contributed by atoms with Crippen LogP contribution < -0.4 is 19.9 Å². The molecule has 178 valence electrons. The van der Waals surface area contributed by atoms with Crippen molar-refractivity contribution < 1.29 is 28.9 Å². The van der Waals surface area contributed by atoms with Crippen molar-refractivity contribution in [2.75, 3.05) is 19.5 Å². The number of benzene rings is 2. The largest absolute Gasteiger partial charge is 0.495 e. The van der Waals surface area contributed by atoms with Gasteiger partial charge in [0.05, 0.1) is 32.2 Å². The minimum absolute atomic E-state index is 0.195. The Balaban J connectivity index is 2.37. The van der Waals surface area contributed by atoms with E-state index in [-0.39, 0.29) is 12.8 Å². The first-order valence-electron chi connectivity index (χ1n) is 11.0. The fourth-order valence-electron chi connectivity index (χ4n) is 3.36. The van der Waals surface area contributed by atoms with Gasteiger partial charge in [-0.1, -0.05) is 17.7 Å². The molecule has 0 aliphatic rings. The molecule has 2 aromatic carbocycles. The number of carboxylic acid groups (broad SMARTS) is 1. The highest BCUT2D eigenvalue weighted by Gasteiger charge is 2.16. The summed E-state index contributed by atoms with van der Waals surface area (Å²) in [5.41, 5.74) is 10.8. The lowest BCUT2D eigenvalue weighted by Gasteiger charge is -2.17. The van der Waals surface area contributed by atoms with E-state index >= 15 is 0 Å². The molecular formula is C26H33NO6. The van der Waals surface area contributed by atoms with Crippen LogP contribution in [0.15, 0.2) is 42.0 Å². The van der Waals surface area contributed by atoms with Crippen molar-refractivity contribution in [1.29, 1.82) is 0 Å². The highest BCUT2D eigenvalue weighted by Crippen LogP contribution is 2.32. The first-order valence-corrected chi connectivity index (χ1v) is 11.0. The Labute approximate surface area is 195 Å². The molecule has 0 aromatic heterocycles. The highest BCUT2D eigenvalue weighted by atomic mass is 16.5. The molecule has 33 heavy (non-hydrogen) atoms. The van der Waals surface area contributed by atoms with E-state index in [0.717, 1.165) is 23.1 Å². The van der Waals surface area contributed by atoms with Gasteiger partial charge in [0, 0.05) is 11.6 Å². The number of carbonyl (C=O) groups is 2. The number of methoxy groups -OCH3 is 1. The first-order chi connectivity index (χ1) is 15.7. The molecule has 0 aliphatic heterocycles. The molecule has 3 N–H and O–H groups in total. The summed E-state index contributed by atoms with van der Waals surface area (Å²) < 4.78 is 16.7. The molecule has 0 aliphatic carbocycles. The summed E-state index contributed by atoms with van der Waals surface area (Å²) in [6, 6.07) is 9.25. The van der Waals surface area contributed by atoms with Gasteiger partial charge in [-0.05, 0) is 69.4 Å². The molecule has 0 bridgehead atoms. The molecule has 0 spiro atoms. The lowest BCUT2D eigenvalue weighted by Crippen LogP contribution is -2.11. The van der Waals surface area contributed by atoms with Crippen molar-refractivity contribution in [2.45, 2.75) is 52.9 Å². The van der Waals surface area contributed by atoms with Gasteiger partial charge in [-0.3, -0.25) is 9.59 Å². The maximum atomic E-state index is 12.1. The van der Waals surface area contributed by atoms with Crippen molar-refractivity contribution in [3.8, 4) is 17.2 Å². The average Bonchev–Trinajstić information content (AvgIpc) is 2.76. The maximum Gasteiger partial charge on any atom is 0.311 e. The number of aliphatic carboxylic acids is 1. The topological polar surface area (TPSA) is 108 Å². The Kier molecular flexibility index (Phi) is 9.79. The summed E-state index contributed by atoms with van der Waals surface area (Å²) >= 11 is 0. The van der Waals surface area contributed by atoms with Gasteiger partial charge in [0.15, 0.2) is 0 Å². The predicted molar refractivity (Wildman–Crippen MR) is 128 cm³/mol. The summed E-state index contributed by atoms with van der Waals surface area (Å²) in [7, 11) is 1.59. The summed E-state index contributed by atoms with van der Waals surface area (Å²) in [6.07, 6.45) is 3.75. The monoisotopic (exact) mass is 455 g/mol. The number of anilines is 1. The number of rotatable bonds is 12. The molecule has 0 heterocycles. The molecule has 0 atom stereocenters. The lowest BCUT2D eigenvalue weighted by molar-refractivity contribution is -0.142. The molecule has 0 radical (unpaired) electrons. The zero-order valence-electron chi connectivity index (χ0n) is 19.8. The smallest absolute Gasteiger partial charge is 0.311 e. The Bertz CT molecular complexity index is 1010. The third kappa shape index (κ3) is 8.18. The van der Waals surface area contributed by atoms with Crippen molar-refractivity contribution in [2.24, 2.45) is 0 Å². The van der Waals surface area contributed by atoms with Gasteiger partial charge in [0.1, 0.15) is 17.2 Å². The normalized spacial score (nSPS) is 10.4. The zero-order valence-corrected chi connectivity index (χ0v) is 19.8. The average molecular weight is 456 g/mol. The lowest BCUT2D eigenvalue weighted by atomic mass is 9.96. The van der Waals surface area contributed by atoms with Gasteiger partial charge in [-0.2, -0.15) is 0 Å². The van der Waals surface area contributed by atoms with E-state index in [1.807, 2.05) is 45.0 Å². The van der Waals surface area contributed by atoms with Crippen LogP contribution in [0.1, 0.15) is 50.3 Å². The van der Waals surface area contributed by atoms with Gasteiger partial charge in [-0.15, -0.1) is 0 Å². The molecule has 0 fully saturated rings. The number of carboxylic acids is 1. The van der Waals surface area contributed by atoms with Crippen LogP contribution in [0.4, 0.5) is 5.69 Å². The number of ether oxygens (including phenoxy) is 3. The number of allylic oxidation sites excluding steroid dienone is 2. The molecule has 7 nitrogen and oxygen atoms in total. The SMILES string of the molecule is CCOc1cc(OC(=O)CCC(=O)O)cc(CCc2ccc(N)c(OC)c2)c1CC=C(C)C. The standard InChI is InChI=1S/C26H33NO6/c1-5-32-23-16-20(33-26(30)13-12-25(28)29)15-19(21(23)10-6-17(2)3)9-7-18-8-11-22(27)24(14-18)31-4/h6,8,11,14-16H,5,7,9-10,12-13,27H2,1-4H3,(H,28,29). The van der Waals surface area contributed by atoms with E-state index in [4.69, 9.17) is 25.1 Å². The third-order valence-electron chi connectivity index (χ3n) is 5.04. The van der Waals surface area contributed by atoms with Crippen molar-refractivity contribution in [3.63, 3.8) is 0 Å². The molecule has 2 aromatic rings. The van der Waals surface area contributed by atoms with E-state index in [1.165, 1.54) is 5.57 Å². The van der Waals surface area contributed by atoms with Crippen LogP contribution >= 0.6 is 0 Å². The molecule has 0 saturated heterocycles. The van der Waals surface area contributed by atoms with Crippen LogP contribution in [0.25, 0.3) is 0 Å². The van der Waals surface area contributed by atoms with E-state index in [1.54, 1.807) is 13.2 Å². The molecule has 0 saturated carbocycles. The van der Waals surface area contributed by atoms with Crippen molar-refractivity contribution in [1.82, 2.24) is 0 Å². The van der Waals surface area contributed by atoms with E-state index in [9.17, 15) is 9.59 Å². The van der Waals surface area contributed by atoms with Crippen LogP contribution in [-0.2, 0) is 28.9 Å². The van der Waals surface area contributed by atoms with Crippen LogP contribution in [-0.4, -0.2) is 30.8 Å². The predicted octanol–water partition coefficient (Wildman–Crippen LogP) is 4.74. The second-order valence-electron chi connectivity index (χ2n) is 7.92. The van der Waals surface area contributed by atoms with Gasteiger partial charge in [0.25, 0.3) is 0 Å². The number of aryl methyl sites for hydroxylation is 2. The Hall–Kier alpha value is -3.48. The van der Waals surface area contributed by atoms with Crippen LogP contribution in [0.2, 0.25) is 0 Å². The van der Waals surface area contributed by atoms with Crippen LogP contribution in [0, 0.1) is 0 Å². The number of hydrogen-bond acceptors (Lipinski definition) is 6. The Morgan fingerprint density at radius 3 is 2.45 bits per heavy atom. The zero-order chi connectivity index (χ0) is 24.4. The number of hydrogen-bond donors (Lipinski definition) is 2. The van der Waals surface area contributed by atoms with E-state index in [2.05, 4.69) is 6.08 Å². The number of carbonyl (C=O) groups excluding carboxylic acids is 1. The van der Waals surface area contributed by atoms with Crippen LogP contribution in [0.3, 0.4) is 0 Å². The number of nitrogens with two attached hydrogens (primary N) is 1. The summed E-state index contributed by atoms with van der Waals surface area (Å²) in [5, 5.41) is 8.81. The van der Waals surface area contributed by atoms with Gasteiger partial charge < -0.3 is 25.1 Å². The van der Waals surface area contributed by atoms with Crippen molar-refractivity contribution in [3.05, 3.63) is 58.7 Å². The minimum Gasteiger partial charge on any atom is -0.495 e. The second kappa shape index (κ2) is 12.5. The van der Waals surface area contributed by atoms with Crippen LogP contribution in [0.5, 0.6) is 17.2 Å². The van der Waals surface area contributed by atoms with Gasteiger partial charge in [-0.25, -0.2) is 0 Å². The van der Waals surface area contributed by atoms with E-state index in [0.29, 0.717) is 42.4 Å². The summed E-state index contributed by atoms with van der Waals surface area (Å²) in [6.45, 7) is 6.45. The second-order valence-corrected chi connectivity index (χ2v) is 7.92. The molecule has 0 amide bonds. The summed E-state index contributed by atoms with van der Waals surface area (Å²) in [5.74, 6) is 0.00115. The number of esters is 1. The highest BCUT2D eigenvalue weighted by molar-refractivity contribution is 5.78.